The van der Waals surface area contributed by atoms with Gasteiger partial charge in [0.2, 0.25) is 5.91 Å². The van der Waals surface area contributed by atoms with Crippen LogP contribution in [0.4, 0.5) is 11.4 Å². The molecule has 0 saturated heterocycles. The van der Waals surface area contributed by atoms with E-state index in [2.05, 4.69) is 42.7 Å². The van der Waals surface area contributed by atoms with Crippen LogP contribution in [0.3, 0.4) is 0 Å². The third-order valence-electron chi connectivity index (χ3n) is 3.20. The van der Waals surface area contributed by atoms with Crippen molar-refractivity contribution in [3.05, 3.63) is 59.2 Å². The Bertz CT molecular complexity index is 615. The largest absolute Gasteiger partial charge is 0.385 e. The summed E-state index contributed by atoms with van der Waals surface area (Å²) in [6.07, 6.45) is 0.445. The van der Waals surface area contributed by atoms with E-state index in [4.69, 9.17) is 0 Å². The Balaban J connectivity index is 1.81. The maximum absolute atomic E-state index is 11.9. The van der Waals surface area contributed by atoms with Gasteiger partial charge in [-0.15, -0.1) is 0 Å². The second-order valence-corrected chi connectivity index (χ2v) is 5.47. The van der Waals surface area contributed by atoms with Crippen LogP contribution in [0.2, 0.25) is 0 Å². The first kappa shape index (κ1) is 15.1. The molecule has 3 heteroatoms. The monoisotopic (exact) mass is 282 g/mol. The van der Waals surface area contributed by atoms with Crippen molar-refractivity contribution >= 4 is 17.3 Å². The average Bonchev–Trinajstić information content (AvgIpc) is 2.37. The number of benzene rings is 2. The van der Waals surface area contributed by atoms with Gasteiger partial charge < -0.3 is 10.6 Å². The fourth-order valence-corrected chi connectivity index (χ4v) is 2.34. The van der Waals surface area contributed by atoms with E-state index in [1.165, 1.54) is 11.1 Å². The minimum atomic E-state index is 0.0254. The Morgan fingerprint density at radius 3 is 2.24 bits per heavy atom. The zero-order valence-corrected chi connectivity index (χ0v) is 12.9. The van der Waals surface area contributed by atoms with Crippen LogP contribution in [0.5, 0.6) is 0 Å². The second kappa shape index (κ2) is 6.93. The van der Waals surface area contributed by atoms with Crippen molar-refractivity contribution in [2.24, 2.45) is 0 Å². The summed E-state index contributed by atoms with van der Waals surface area (Å²) in [4.78, 5) is 11.9. The summed E-state index contributed by atoms with van der Waals surface area (Å²) in [5.74, 6) is 0.0254. The molecule has 0 spiro atoms. The van der Waals surface area contributed by atoms with Crippen LogP contribution < -0.4 is 10.6 Å². The summed E-state index contributed by atoms with van der Waals surface area (Å²) < 4.78 is 0. The Hall–Kier alpha value is -2.29. The SMILES string of the molecule is Cc1cc(C)cc(NCCC(=O)Nc2cccc(C)c2)c1. The van der Waals surface area contributed by atoms with Crippen LogP contribution >= 0.6 is 0 Å². The fourth-order valence-electron chi connectivity index (χ4n) is 2.34. The number of carbonyl (C=O) groups excluding carboxylic acids is 1. The summed E-state index contributed by atoms with van der Waals surface area (Å²) in [6, 6.07) is 14.1. The lowest BCUT2D eigenvalue weighted by Gasteiger charge is -2.09. The highest BCUT2D eigenvalue weighted by atomic mass is 16.1. The molecule has 1 amide bonds. The van der Waals surface area contributed by atoms with Crippen molar-refractivity contribution in [3.8, 4) is 0 Å². The number of aryl methyl sites for hydroxylation is 3. The van der Waals surface area contributed by atoms with Gasteiger partial charge in [0.05, 0.1) is 0 Å². The molecule has 3 nitrogen and oxygen atoms in total. The summed E-state index contributed by atoms with van der Waals surface area (Å²) in [5.41, 5.74) is 5.51. The molecule has 21 heavy (non-hydrogen) atoms. The number of hydrogen-bond acceptors (Lipinski definition) is 2. The van der Waals surface area contributed by atoms with Gasteiger partial charge in [-0.3, -0.25) is 4.79 Å². The zero-order valence-electron chi connectivity index (χ0n) is 12.9. The Kier molecular flexibility index (Phi) is 4.99. The molecule has 2 rings (SSSR count). The predicted octanol–water partition coefficient (Wildman–Crippen LogP) is 4.05. The zero-order chi connectivity index (χ0) is 15.2. The van der Waals surface area contributed by atoms with Crippen LogP contribution in [0.1, 0.15) is 23.1 Å². The van der Waals surface area contributed by atoms with Crippen LogP contribution in [0.25, 0.3) is 0 Å². The maximum atomic E-state index is 11.9. The van der Waals surface area contributed by atoms with Gasteiger partial charge in [-0.25, -0.2) is 0 Å². The molecule has 0 radical (unpaired) electrons. The molecule has 0 aliphatic heterocycles. The molecule has 0 aliphatic carbocycles. The van der Waals surface area contributed by atoms with Crippen molar-refractivity contribution in [2.45, 2.75) is 27.2 Å². The van der Waals surface area contributed by atoms with Gasteiger partial charge in [0, 0.05) is 24.3 Å². The molecule has 110 valence electrons. The van der Waals surface area contributed by atoms with Crippen LogP contribution in [-0.4, -0.2) is 12.5 Å². The quantitative estimate of drug-likeness (QED) is 0.868. The molecule has 2 aromatic rings. The lowest BCUT2D eigenvalue weighted by molar-refractivity contribution is -0.115. The highest BCUT2D eigenvalue weighted by molar-refractivity contribution is 5.91. The van der Waals surface area contributed by atoms with Gasteiger partial charge in [0.1, 0.15) is 0 Å². The summed E-state index contributed by atoms with van der Waals surface area (Å²) in [7, 11) is 0. The van der Waals surface area contributed by atoms with Crippen molar-refractivity contribution in [3.63, 3.8) is 0 Å². The van der Waals surface area contributed by atoms with Crippen LogP contribution in [0.15, 0.2) is 42.5 Å². The number of hydrogen-bond donors (Lipinski definition) is 2. The molecule has 0 saturated carbocycles. The van der Waals surface area contributed by atoms with Crippen molar-refractivity contribution < 1.29 is 4.79 Å². The van der Waals surface area contributed by atoms with Gasteiger partial charge in [-0.2, -0.15) is 0 Å². The molecule has 2 N–H and O–H groups in total. The smallest absolute Gasteiger partial charge is 0.226 e. The molecule has 0 aromatic heterocycles. The lowest BCUT2D eigenvalue weighted by Crippen LogP contribution is -2.16. The van der Waals surface area contributed by atoms with E-state index in [9.17, 15) is 4.79 Å². The Morgan fingerprint density at radius 1 is 0.905 bits per heavy atom. The molecule has 0 atom stereocenters. The summed E-state index contributed by atoms with van der Waals surface area (Å²) in [5, 5.41) is 6.21. The normalized spacial score (nSPS) is 10.2. The topological polar surface area (TPSA) is 41.1 Å². The molecule has 0 fully saturated rings. The summed E-state index contributed by atoms with van der Waals surface area (Å²) in [6.45, 7) is 6.78. The van der Waals surface area contributed by atoms with E-state index in [1.54, 1.807) is 0 Å². The molecule has 0 bridgehead atoms. The van der Waals surface area contributed by atoms with Gasteiger partial charge in [0.15, 0.2) is 0 Å². The van der Waals surface area contributed by atoms with Crippen LogP contribution in [0, 0.1) is 20.8 Å². The number of rotatable bonds is 5. The van der Waals surface area contributed by atoms with Crippen molar-refractivity contribution in [2.75, 3.05) is 17.2 Å². The predicted molar refractivity (Wildman–Crippen MR) is 88.8 cm³/mol. The number of nitrogens with one attached hydrogen (secondary N) is 2. The number of carbonyl (C=O) groups is 1. The molecular formula is C18H22N2O. The first-order chi connectivity index (χ1) is 10.0. The van der Waals surface area contributed by atoms with E-state index in [-0.39, 0.29) is 5.91 Å². The molecular weight excluding hydrogens is 260 g/mol. The Labute approximate surface area is 126 Å². The maximum Gasteiger partial charge on any atom is 0.226 e. The highest BCUT2D eigenvalue weighted by Crippen LogP contribution is 2.14. The summed E-state index contributed by atoms with van der Waals surface area (Å²) >= 11 is 0. The third kappa shape index (κ3) is 4.95. The van der Waals surface area contributed by atoms with Gasteiger partial charge in [-0.05, 0) is 61.7 Å². The molecule has 0 heterocycles. The third-order valence-corrected chi connectivity index (χ3v) is 3.20. The highest BCUT2D eigenvalue weighted by Gasteiger charge is 2.03. The standard InChI is InChI=1S/C18H22N2O/c1-13-5-4-6-16(10-13)20-18(21)7-8-19-17-11-14(2)9-15(3)12-17/h4-6,9-12,19H,7-8H2,1-3H3,(H,20,21). The lowest BCUT2D eigenvalue weighted by atomic mass is 10.1. The van der Waals surface area contributed by atoms with Crippen LogP contribution in [-0.2, 0) is 4.79 Å². The Morgan fingerprint density at radius 2 is 1.57 bits per heavy atom. The second-order valence-electron chi connectivity index (χ2n) is 5.47. The first-order valence-electron chi connectivity index (χ1n) is 7.21. The minimum absolute atomic E-state index is 0.0254. The number of anilines is 2. The first-order valence-corrected chi connectivity index (χ1v) is 7.21. The molecule has 0 unspecified atom stereocenters. The molecule has 0 aliphatic rings. The van der Waals surface area contributed by atoms with Gasteiger partial charge in [-0.1, -0.05) is 18.2 Å². The van der Waals surface area contributed by atoms with Crippen molar-refractivity contribution in [1.29, 1.82) is 0 Å². The average molecular weight is 282 g/mol. The van der Waals surface area contributed by atoms with Gasteiger partial charge >= 0.3 is 0 Å². The van der Waals surface area contributed by atoms with E-state index < -0.39 is 0 Å². The van der Waals surface area contributed by atoms with E-state index >= 15 is 0 Å². The van der Waals surface area contributed by atoms with Crippen molar-refractivity contribution in [1.82, 2.24) is 0 Å². The van der Waals surface area contributed by atoms with E-state index in [1.807, 2.05) is 31.2 Å². The number of amides is 1. The minimum Gasteiger partial charge on any atom is -0.385 e. The fraction of sp³-hybridized carbons (Fsp3) is 0.278. The van der Waals surface area contributed by atoms with E-state index in [0.29, 0.717) is 13.0 Å². The van der Waals surface area contributed by atoms with E-state index in [0.717, 1.165) is 16.9 Å². The molecule has 2 aromatic carbocycles. The van der Waals surface area contributed by atoms with Gasteiger partial charge in [0.25, 0.3) is 0 Å².